The molecule has 1 aromatic carbocycles. The van der Waals surface area contributed by atoms with E-state index in [1.165, 1.54) is 23.8 Å². The van der Waals surface area contributed by atoms with Gasteiger partial charge in [0.15, 0.2) is 5.54 Å². The van der Waals surface area contributed by atoms with Gasteiger partial charge in [-0.1, -0.05) is 55.9 Å². The minimum atomic E-state index is -1.16. The van der Waals surface area contributed by atoms with Crippen molar-refractivity contribution in [2.75, 3.05) is 7.11 Å². The number of likely N-dealkylation sites (tertiary alicyclic amines) is 1. The molecule has 0 unspecified atom stereocenters. The number of aliphatic imine (C=N–C) groups is 1. The van der Waals surface area contributed by atoms with E-state index in [0.717, 1.165) is 5.56 Å². The Balaban J connectivity index is 1.73. The van der Waals surface area contributed by atoms with Crippen molar-refractivity contribution >= 4 is 35.2 Å². The Hall–Kier alpha value is -2.35. The first kappa shape index (κ1) is 19.4. The van der Waals surface area contributed by atoms with Crippen LogP contribution < -0.4 is 0 Å². The molecule has 0 radical (unpaired) electrons. The maximum Gasteiger partial charge on any atom is 0.329 e. The van der Waals surface area contributed by atoms with Crippen LogP contribution in [0.3, 0.4) is 0 Å². The number of nitrogens with zero attached hydrogens (tertiary/aromatic N) is 2. The lowest BCUT2D eigenvalue weighted by Gasteiger charge is -2.52. The van der Waals surface area contributed by atoms with Crippen molar-refractivity contribution in [3.8, 4) is 0 Å². The Morgan fingerprint density at radius 1 is 1.30 bits per heavy atom. The topological polar surface area (TPSA) is 85.3 Å². The standard InChI is InChI=1S/C19H22N2O5S/c1-12(2)15(16(23)26-10-13-7-5-4-6-8-13)21-17(24)19(9-14(22)25-3)18(21)27-11-20-19/h4-8,11-12,15,18H,9-10H2,1-3H3/t15-,18-,19-/m1/s1. The average Bonchev–Trinajstić information content (AvgIpc) is 3.03. The number of hydrogen-bond acceptors (Lipinski definition) is 7. The highest BCUT2D eigenvalue weighted by molar-refractivity contribution is 8.13. The number of rotatable bonds is 7. The molecule has 0 saturated carbocycles. The number of hydrogen-bond donors (Lipinski definition) is 0. The summed E-state index contributed by atoms with van der Waals surface area (Å²) < 4.78 is 10.2. The number of amides is 1. The summed E-state index contributed by atoms with van der Waals surface area (Å²) in [7, 11) is 1.28. The maximum atomic E-state index is 12.9. The molecule has 1 aromatic rings. The summed E-state index contributed by atoms with van der Waals surface area (Å²) in [5, 5.41) is -0.402. The Morgan fingerprint density at radius 3 is 2.63 bits per heavy atom. The van der Waals surface area contributed by atoms with Gasteiger partial charge in [0, 0.05) is 0 Å². The number of esters is 2. The summed E-state index contributed by atoms with van der Waals surface area (Å²) in [6.07, 6.45) is -0.128. The average molecular weight is 390 g/mol. The van der Waals surface area contributed by atoms with Crippen molar-refractivity contribution in [1.29, 1.82) is 0 Å². The van der Waals surface area contributed by atoms with E-state index in [1.54, 1.807) is 5.55 Å². The summed E-state index contributed by atoms with van der Waals surface area (Å²) in [5.74, 6) is -1.44. The highest BCUT2D eigenvalue weighted by Gasteiger charge is 2.67. The van der Waals surface area contributed by atoms with Gasteiger partial charge in [0.25, 0.3) is 5.91 Å². The fraction of sp³-hybridized carbons (Fsp3) is 0.474. The van der Waals surface area contributed by atoms with Crippen molar-refractivity contribution in [3.63, 3.8) is 0 Å². The number of methoxy groups -OCH3 is 1. The summed E-state index contributed by atoms with van der Waals surface area (Å²) in [6, 6.07) is 8.64. The minimum absolute atomic E-state index is 0.128. The Morgan fingerprint density at radius 2 is 2.00 bits per heavy atom. The summed E-state index contributed by atoms with van der Waals surface area (Å²) >= 11 is 1.33. The molecule has 8 heteroatoms. The number of β-lactam (4-membered cyclic amide) rings is 1. The first-order valence-corrected chi connectivity index (χ1v) is 9.64. The Bertz CT molecular complexity index is 767. The molecule has 3 atom stereocenters. The van der Waals surface area contributed by atoms with E-state index in [2.05, 4.69) is 4.99 Å². The zero-order chi connectivity index (χ0) is 19.6. The lowest BCUT2D eigenvalue weighted by Crippen LogP contribution is -2.74. The van der Waals surface area contributed by atoms with Crippen LogP contribution >= 0.6 is 11.8 Å². The predicted molar refractivity (Wildman–Crippen MR) is 101 cm³/mol. The molecule has 2 aliphatic rings. The molecule has 1 amide bonds. The summed E-state index contributed by atoms with van der Waals surface area (Å²) in [6.45, 7) is 3.87. The van der Waals surface area contributed by atoms with Crippen LogP contribution in [-0.2, 0) is 30.5 Å². The van der Waals surface area contributed by atoms with Crippen LogP contribution in [0.4, 0.5) is 0 Å². The summed E-state index contributed by atoms with van der Waals surface area (Å²) in [4.78, 5) is 43.2. The normalized spacial score (nSPS) is 24.4. The van der Waals surface area contributed by atoms with Gasteiger partial charge in [-0.2, -0.15) is 0 Å². The molecule has 2 heterocycles. The number of benzene rings is 1. The Labute approximate surface area is 162 Å². The molecule has 0 N–H and O–H groups in total. The molecule has 3 rings (SSSR count). The zero-order valence-corrected chi connectivity index (χ0v) is 16.3. The molecule has 1 saturated heterocycles. The van der Waals surface area contributed by atoms with Crippen LogP contribution in [0.2, 0.25) is 0 Å². The highest BCUT2D eigenvalue weighted by atomic mass is 32.2. The smallest absolute Gasteiger partial charge is 0.329 e. The summed E-state index contributed by atoms with van der Waals surface area (Å²) in [5.41, 5.74) is 1.28. The van der Waals surface area contributed by atoms with Crippen LogP contribution in [0.1, 0.15) is 25.8 Å². The highest BCUT2D eigenvalue weighted by Crippen LogP contribution is 2.49. The van der Waals surface area contributed by atoms with Crippen LogP contribution in [-0.4, -0.2) is 52.4 Å². The van der Waals surface area contributed by atoms with Crippen molar-refractivity contribution in [2.45, 2.75) is 43.8 Å². The molecule has 1 fully saturated rings. The van der Waals surface area contributed by atoms with Gasteiger partial charge in [0.05, 0.1) is 19.1 Å². The molecule has 144 valence electrons. The lowest BCUT2D eigenvalue weighted by atomic mass is 9.82. The van der Waals surface area contributed by atoms with Crippen molar-refractivity contribution in [1.82, 2.24) is 4.90 Å². The minimum Gasteiger partial charge on any atom is -0.469 e. The third-order valence-corrected chi connectivity index (χ3v) is 5.88. The first-order chi connectivity index (χ1) is 12.9. The van der Waals surface area contributed by atoms with Gasteiger partial charge in [0.1, 0.15) is 18.0 Å². The third-order valence-electron chi connectivity index (χ3n) is 4.78. The van der Waals surface area contributed by atoms with Gasteiger partial charge in [-0.25, -0.2) is 4.79 Å². The Kier molecular flexibility index (Phi) is 5.55. The predicted octanol–water partition coefficient (Wildman–Crippen LogP) is 2.00. The van der Waals surface area contributed by atoms with Gasteiger partial charge < -0.3 is 14.4 Å². The van der Waals surface area contributed by atoms with E-state index in [-0.39, 0.29) is 24.9 Å². The number of carbonyl (C=O) groups is 3. The molecular weight excluding hydrogens is 368 g/mol. The molecule has 0 aliphatic carbocycles. The van der Waals surface area contributed by atoms with Crippen LogP contribution in [0.5, 0.6) is 0 Å². The van der Waals surface area contributed by atoms with E-state index in [9.17, 15) is 14.4 Å². The molecule has 2 aliphatic heterocycles. The quantitative estimate of drug-likeness (QED) is 0.523. The van der Waals surface area contributed by atoms with E-state index < -0.39 is 28.9 Å². The second kappa shape index (κ2) is 7.72. The SMILES string of the molecule is COC(=O)C[C@]12N=CS[C@H]1N([C@@H](C(=O)OCc1ccccc1)C(C)C)C2=O. The van der Waals surface area contributed by atoms with Crippen LogP contribution in [0, 0.1) is 5.92 Å². The van der Waals surface area contributed by atoms with E-state index >= 15 is 0 Å². The lowest BCUT2D eigenvalue weighted by molar-refractivity contribution is -0.174. The van der Waals surface area contributed by atoms with E-state index in [0.29, 0.717) is 0 Å². The number of fused-ring (bicyclic) bond motifs is 1. The molecule has 7 nitrogen and oxygen atoms in total. The number of ether oxygens (including phenoxy) is 2. The van der Waals surface area contributed by atoms with E-state index in [4.69, 9.17) is 9.47 Å². The molecule has 0 bridgehead atoms. The molecule has 0 spiro atoms. The van der Waals surface area contributed by atoms with Gasteiger partial charge in [-0.05, 0) is 11.5 Å². The molecule has 0 aromatic heterocycles. The second-order valence-electron chi connectivity index (χ2n) is 6.89. The fourth-order valence-corrected chi connectivity index (χ4v) is 4.57. The molecule has 27 heavy (non-hydrogen) atoms. The number of thioether (sulfide) groups is 1. The van der Waals surface area contributed by atoms with Gasteiger partial charge >= 0.3 is 11.9 Å². The largest absolute Gasteiger partial charge is 0.469 e. The third kappa shape index (κ3) is 3.45. The monoisotopic (exact) mass is 390 g/mol. The van der Waals surface area contributed by atoms with Crippen LogP contribution in [0.25, 0.3) is 0 Å². The maximum absolute atomic E-state index is 12.9. The van der Waals surface area contributed by atoms with Crippen molar-refractivity contribution < 1.29 is 23.9 Å². The van der Waals surface area contributed by atoms with Gasteiger partial charge in [-0.15, -0.1) is 0 Å². The second-order valence-corrected chi connectivity index (χ2v) is 7.82. The van der Waals surface area contributed by atoms with Gasteiger partial charge in [-0.3, -0.25) is 14.6 Å². The van der Waals surface area contributed by atoms with Crippen LogP contribution in [0.15, 0.2) is 35.3 Å². The first-order valence-electron chi connectivity index (χ1n) is 8.70. The zero-order valence-electron chi connectivity index (χ0n) is 15.5. The number of carbonyl (C=O) groups excluding carboxylic acids is 3. The van der Waals surface area contributed by atoms with E-state index in [1.807, 2.05) is 44.2 Å². The van der Waals surface area contributed by atoms with Gasteiger partial charge in [0.2, 0.25) is 0 Å². The fourth-order valence-electron chi connectivity index (χ4n) is 3.37. The van der Waals surface area contributed by atoms with Crippen molar-refractivity contribution in [2.24, 2.45) is 10.9 Å². The molecular formula is C19H22N2O5S. The van der Waals surface area contributed by atoms with Crippen molar-refractivity contribution in [3.05, 3.63) is 35.9 Å².